The van der Waals surface area contributed by atoms with E-state index in [2.05, 4.69) is 29.4 Å². The summed E-state index contributed by atoms with van der Waals surface area (Å²) in [5.41, 5.74) is 2.59. The average Bonchev–Trinajstić information content (AvgIpc) is 3.43. The topological polar surface area (TPSA) is 48.8 Å². The first-order valence-electron chi connectivity index (χ1n) is 12.2. The first kappa shape index (κ1) is 24.2. The number of rotatable bonds is 5. The molecule has 0 saturated carbocycles. The minimum atomic E-state index is 0.0929. The highest BCUT2D eigenvalue weighted by Crippen LogP contribution is 2.32. The van der Waals surface area contributed by atoms with Crippen molar-refractivity contribution < 1.29 is 9.59 Å². The maximum Gasteiger partial charge on any atom is 0.253 e. The fourth-order valence-electron chi connectivity index (χ4n) is 5.20. The van der Waals surface area contributed by atoms with Crippen LogP contribution in [0.25, 0.3) is 10.9 Å². The van der Waals surface area contributed by atoms with Gasteiger partial charge in [-0.05, 0) is 56.3 Å². The van der Waals surface area contributed by atoms with E-state index in [0.29, 0.717) is 29.1 Å². The molecule has 0 spiro atoms. The van der Waals surface area contributed by atoms with E-state index in [1.54, 1.807) is 17.0 Å². The molecule has 0 radical (unpaired) electrons. The number of benzene rings is 2. The predicted molar refractivity (Wildman–Crippen MR) is 141 cm³/mol. The third-order valence-corrected chi connectivity index (χ3v) is 7.96. The van der Waals surface area contributed by atoms with Crippen molar-refractivity contribution in [1.82, 2.24) is 14.4 Å². The largest absolute Gasteiger partial charge is 0.347 e. The van der Waals surface area contributed by atoms with Crippen LogP contribution in [-0.2, 0) is 11.3 Å². The molecule has 2 aliphatic heterocycles. The van der Waals surface area contributed by atoms with E-state index in [9.17, 15) is 9.59 Å². The highest BCUT2D eigenvalue weighted by atomic mass is 35.5. The number of hydrogen-bond acceptors (Lipinski definition) is 3. The zero-order valence-corrected chi connectivity index (χ0v) is 21.6. The third-order valence-electron chi connectivity index (χ3n) is 7.22. The average molecular weight is 513 g/mol. The van der Waals surface area contributed by atoms with Gasteiger partial charge in [0.1, 0.15) is 0 Å². The summed E-state index contributed by atoms with van der Waals surface area (Å²) in [5, 5.41) is 1.97. The second-order valence-corrected chi connectivity index (χ2v) is 10.7. The molecule has 0 aliphatic carbocycles. The summed E-state index contributed by atoms with van der Waals surface area (Å²) in [5.74, 6) is 0.378. The van der Waals surface area contributed by atoms with Gasteiger partial charge in [0.25, 0.3) is 5.91 Å². The molecule has 35 heavy (non-hydrogen) atoms. The van der Waals surface area contributed by atoms with Crippen LogP contribution in [0.5, 0.6) is 0 Å². The van der Waals surface area contributed by atoms with Crippen LogP contribution < -0.4 is 4.90 Å². The van der Waals surface area contributed by atoms with E-state index in [0.717, 1.165) is 54.9 Å². The maximum atomic E-state index is 13.1. The van der Waals surface area contributed by atoms with Gasteiger partial charge >= 0.3 is 0 Å². The Balaban J connectivity index is 1.26. The molecule has 0 bridgehead atoms. The van der Waals surface area contributed by atoms with Crippen molar-refractivity contribution in [2.24, 2.45) is 5.92 Å². The Morgan fingerprint density at radius 2 is 1.77 bits per heavy atom. The number of aromatic nitrogens is 1. The molecule has 1 aromatic heterocycles. The molecule has 1 atom stereocenters. The molecule has 2 fully saturated rings. The van der Waals surface area contributed by atoms with E-state index < -0.39 is 0 Å². The zero-order valence-electron chi connectivity index (χ0n) is 20.1. The summed E-state index contributed by atoms with van der Waals surface area (Å²) in [6.45, 7) is 9.13. The van der Waals surface area contributed by atoms with Gasteiger partial charge in [-0.1, -0.05) is 23.2 Å². The normalized spacial score (nSPS) is 19.3. The zero-order chi connectivity index (χ0) is 24.7. The highest BCUT2D eigenvalue weighted by Gasteiger charge is 2.31. The van der Waals surface area contributed by atoms with E-state index >= 15 is 0 Å². The molecule has 0 N–H and O–H groups in total. The van der Waals surface area contributed by atoms with Crippen molar-refractivity contribution in [2.45, 2.75) is 32.9 Å². The molecule has 3 heterocycles. The number of hydrogen-bond donors (Lipinski definition) is 0. The number of amides is 2. The molecule has 8 heteroatoms. The first-order chi connectivity index (χ1) is 16.8. The molecule has 2 aromatic carbocycles. The van der Waals surface area contributed by atoms with Crippen molar-refractivity contribution in [1.29, 1.82) is 0 Å². The molecule has 184 valence electrons. The van der Waals surface area contributed by atoms with Gasteiger partial charge in [0, 0.05) is 86.0 Å². The molecule has 1 unspecified atom stereocenters. The Morgan fingerprint density at radius 1 is 1.00 bits per heavy atom. The molecule has 6 nitrogen and oxygen atoms in total. The Hall–Kier alpha value is -2.54. The first-order valence-corrected chi connectivity index (χ1v) is 12.9. The summed E-state index contributed by atoms with van der Waals surface area (Å²) < 4.78 is 2.18. The monoisotopic (exact) mass is 512 g/mol. The number of fused-ring (bicyclic) bond motifs is 1. The van der Waals surface area contributed by atoms with Crippen LogP contribution in [0.15, 0.2) is 48.7 Å². The number of piperazine rings is 1. The van der Waals surface area contributed by atoms with E-state index in [1.165, 1.54) is 0 Å². The summed E-state index contributed by atoms with van der Waals surface area (Å²) in [4.78, 5) is 31.9. The van der Waals surface area contributed by atoms with Crippen LogP contribution in [0.4, 0.5) is 5.69 Å². The van der Waals surface area contributed by atoms with Gasteiger partial charge in [-0.2, -0.15) is 0 Å². The molecular weight excluding hydrogens is 483 g/mol. The number of carbonyl (C=O) groups excluding carboxylic acids is 2. The smallest absolute Gasteiger partial charge is 0.253 e. The van der Waals surface area contributed by atoms with E-state index in [-0.39, 0.29) is 17.7 Å². The van der Waals surface area contributed by atoms with E-state index in [4.69, 9.17) is 23.2 Å². The number of halogens is 2. The fourth-order valence-corrected chi connectivity index (χ4v) is 5.49. The lowest BCUT2D eigenvalue weighted by atomic mass is 10.1. The molecule has 2 saturated heterocycles. The minimum absolute atomic E-state index is 0.0929. The van der Waals surface area contributed by atoms with Crippen LogP contribution in [0.1, 0.15) is 30.6 Å². The predicted octanol–water partition coefficient (Wildman–Crippen LogP) is 5.17. The quantitative estimate of drug-likeness (QED) is 0.473. The number of anilines is 1. The Morgan fingerprint density at radius 3 is 2.49 bits per heavy atom. The van der Waals surface area contributed by atoms with Crippen LogP contribution in [0.3, 0.4) is 0 Å². The van der Waals surface area contributed by atoms with Crippen molar-refractivity contribution in [3.8, 4) is 0 Å². The van der Waals surface area contributed by atoms with Crippen LogP contribution in [-0.4, -0.2) is 64.9 Å². The third kappa shape index (κ3) is 4.92. The highest BCUT2D eigenvalue weighted by molar-refractivity contribution is 6.42. The SMILES string of the molecule is CC(C)N1CCN(C(=O)c2ccc3c(ccn3CC3CC(=O)N(c4ccc(Cl)c(Cl)c4)C3)c2)CC1. The molecule has 3 aromatic rings. The van der Waals surface area contributed by atoms with Gasteiger partial charge in [-0.15, -0.1) is 0 Å². The maximum absolute atomic E-state index is 13.1. The minimum Gasteiger partial charge on any atom is -0.347 e. The van der Waals surface area contributed by atoms with Gasteiger partial charge in [0.15, 0.2) is 0 Å². The standard InChI is InChI=1S/C27H30Cl2N4O2/c1-18(2)30-9-11-31(12-10-30)27(35)21-3-6-25-20(14-21)7-8-32(25)16-19-13-26(34)33(17-19)22-4-5-23(28)24(29)15-22/h3-8,14-15,18-19H,9-13,16-17H2,1-2H3. The second-order valence-electron chi connectivity index (χ2n) is 9.84. The number of carbonyl (C=O) groups is 2. The van der Waals surface area contributed by atoms with Gasteiger partial charge < -0.3 is 14.4 Å². The summed E-state index contributed by atoms with van der Waals surface area (Å²) >= 11 is 12.2. The van der Waals surface area contributed by atoms with Crippen molar-refractivity contribution in [3.63, 3.8) is 0 Å². The summed E-state index contributed by atoms with van der Waals surface area (Å²) in [6.07, 6.45) is 2.53. The molecule has 2 aliphatic rings. The Bertz CT molecular complexity index is 1260. The number of nitrogens with zero attached hydrogens (tertiary/aromatic N) is 4. The lowest BCUT2D eigenvalue weighted by Crippen LogP contribution is -2.50. The molecule has 2 amide bonds. The van der Waals surface area contributed by atoms with E-state index in [1.807, 2.05) is 35.4 Å². The Kier molecular flexibility index (Phi) is 6.80. The van der Waals surface area contributed by atoms with Crippen LogP contribution in [0, 0.1) is 5.92 Å². The lowest BCUT2D eigenvalue weighted by molar-refractivity contribution is -0.117. The van der Waals surface area contributed by atoms with Crippen molar-refractivity contribution in [2.75, 3.05) is 37.6 Å². The lowest BCUT2D eigenvalue weighted by Gasteiger charge is -2.37. The van der Waals surface area contributed by atoms with Gasteiger partial charge in [-0.3, -0.25) is 14.5 Å². The summed E-state index contributed by atoms with van der Waals surface area (Å²) in [7, 11) is 0. The Labute approximate surface area is 216 Å². The molecular formula is C27H30Cl2N4O2. The fraction of sp³-hybridized carbons (Fsp3) is 0.407. The van der Waals surface area contributed by atoms with Gasteiger partial charge in [0.05, 0.1) is 10.0 Å². The molecule has 5 rings (SSSR count). The van der Waals surface area contributed by atoms with Gasteiger partial charge in [-0.25, -0.2) is 0 Å². The van der Waals surface area contributed by atoms with Crippen molar-refractivity contribution >= 4 is 51.6 Å². The van der Waals surface area contributed by atoms with Crippen molar-refractivity contribution in [3.05, 3.63) is 64.3 Å². The summed E-state index contributed by atoms with van der Waals surface area (Å²) in [6, 6.07) is 13.8. The van der Waals surface area contributed by atoms with Gasteiger partial charge in [0.2, 0.25) is 5.91 Å². The second kappa shape index (κ2) is 9.84. The van der Waals surface area contributed by atoms with Crippen LogP contribution >= 0.6 is 23.2 Å². The van der Waals surface area contributed by atoms with Crippen LogP contribution in [0.2, 0.25) is 10.0 Å².